The van der Waals surface area contributed by atoms with E-state index in [0.717, 1.165) is 25.9 Å². The summed E-state index contributed by atoms with van der Waals surface area (Å²) in [6, 6.07) is 4.59. The largest absolute Gasteiger partial charge is 0.481 e. The molecule has 1 heterocycles. The molecule has 1 aromatic carbocycles. The number of hydrogen-bond donors (Lipinski definition) is 1. The van der Waals surface area contributed by atoms with Crippen LogP contribution in [0.3, 0.4) is 0 Å². The average Bonchev–Trinajstić information content (AvgIpc) is 2.42. The number of aryl methyl sites for hydroxylation is 2. The molecule has 0 bridgehead atoms. The second-order valence-corrected chi connectivity index (χ2v) is 7.75. The fraction of sp³-hybridized carbons (Fsp3) is 0.632. The lowest BCUT2D eigenvalue weighted by atomic mass is 9.83. The Bertz CT molecular complexity index is 534. The van der Waals surface area contributed by atoms with Crippen molar-refractivity contribution < 1.29 is 9.90 Å². The number of aliphatic carboxylic acids is 1. The predicted octanol–water partition coefficient (Wildman–Crippen LogP) is 3.90. The van der Waals surface area contributed by atoms with E-state index >= 15 is 0 Å². The van der Waals surface area contributed by atoms with Gasteiger partial charge in [-0.25, -0.2) is 0 Å². The number of piperidine rings is 1. The molecule has 3 nitrogen and oxygen atoms in total. The van der Waals surface area contributed by atoms with Crippen molar-refractivity contribution in [2.75, 3.05) is 13.1 Å². The van der Waals surface area contributed by atoms with Gasteiger partial charge in [0.1, 0.15) is 0 Å². The standard InChI is InChI=1S/C19H29NO2/c1-13-9-16(19(3,4)5)10-14(2)17(13)12-20-8-6-7-15(11-20)18(21)22/h9-10,15H,6-8,11-12H2,1-5H3,(H,21,22)/t15-/m1/s1. The number of benzene rings is 1. The van der Waals surface area contributed by atoms with Crippen LogP contribution in [0.2, 0.25) is 0 Å². The van der Waals surface area contributed by atoms with Crippen LogP contribution >= 0.6 is 0 Å². The number of nitrogens with zero attached hydrogens (tertiary/aromatic N) is 1. The number of rotatable bonds is 3. The number of hydrogen-bond acceptors (Lipinski definition) is 2. The minimum absolute atomic E-state index is 0.160. The Labute approximate surface area is 134 Å². The minimum atomic E-state index is -0.652. The van der Waals surface area contributed by atoms with Gasteiger partial charge in [-0.3, -0.25) is 9.69 Å². The first kappa shape index (κ1) is 17.0. The molecule has 1 atom stereocenters. The highest BCUT2D eigenvalue weighted by Crippen LogP contribution is 2.28. The molecule has 3 heteroatoms. The van der Waals surface area contributed by atoms with Crippen LogP contribution in [0.25, 0.3) is 0 Å². The van der Waals surface area contributed by atoms with Crippen LogP contribution in [0.1, 0.15) is 55.9 Å². The number of carboxylic acids is 1. The van der Waals surface area contributed by atoms with Gasteiger partial charge >= 0.3 is 5.97 Å². The van der Waals surface area contributed by atoms with Crippen molar-refractivity contribution in [3.63, 3.8) is 0 Å². The number of likely N-dealkylation sites (tertiary alicyclic amines) is 1. The lowest BCUT2D eigenvalue weighted by molar-refractivity contribution is -0.143. The van der Waals surface area contributed by atoms with Gasteiger partial charge in [-0.15, -0.1) is 0 Å². The smallest absolute Gasteiger partial charge is 0.307 e. The van der Waals surface area contributed by atoms with E-state index in [1.54, 1.807) is 0 Å². The van der Waals surface area contributed by atoms with E-state index in [4.69, 9.17) is 0 Å². The highest BCUT2D eigenvalue weighted by atomic mass is 16.4. The normalized spacial score (nSPS) is 20.1. The Balaban J connectivity index is 2.18. The summed E-state index contributed by atoms with van der Waals surface area (Å²) in [7, 11) is 0. The maximum atomic E-state index is 11.2. The molecule has 22 heavy (non-hydrogen) atoms. The second kappa shape index (κ2) is 6.41. The molecule has 1 saturated heterocycles. The molecule has 0 unspecified atom stereocenters. The second-order valence-electron chi connectivity index (χ2n) is 7.75. The zero-order valence-electron chi connectivity index (χ0n) is 14.6. The quantitative estimate of drug-likeness (QED) is 0.920. The summed E-state index contributed by atoms with van der Waals surface area (Å²) in [5.74, 6) is -0.857. The Morgan fingerprint density at radius 1 is 1.27 bits per heavy atom. The fourth-order valence-electron chi connectivity index (χ4n) is 3.30. The maximum Gasteiger partial charge on any atom is 0.307 e. The van der Waals surface area contributed by atoms with Gasteiger partial charge in [-0.1, -0.05) is 32.9 Å². The first-order valence-corrected chi connectivity index (χ1v) is 8.24. The van der Waals surface area contributed by atoms with E-state index < -0.39 is 5.97 Å². The molecule has 2 rings (SSSR count). The highest BCUT2D eigenvalue weighted by molar-refractivity contribution is 5.70. The van der Waals surface area contributed by atoms with Crippen molar-refractivity contribution in [1.29, 1.82) is 0 Å². The topological polar surface area (TPSA) is 40.5 Å². The van der Waals surface area contributed by atoms with E-state index in [-0.39, 0.29) is 11.3 Å². The van der Waals surface area contributed by atoms with Gasteiger partial charge in [-0.05, 0) is 60.9 Å². The van der Waals surface area contributed by atoms with Gasteiger partial charge in [-0.2, -0.15) is 0 Å². The summed E-state index contributed by atoms with van der Waals surface area (Å²) in [6.45, 7) is 13.6. The molecule has 122 valence electrons. The van der Waals surface area contributed by atoms with Crippen molar-refractivity contribution in [3.05, 3.63) is 34.4 Å². The lowest BCUT2D eigenvalue weighted by Gasteiger charge is -2.32. The third-order valence-corrected chi connectivity index (χ3v) is 4.80. The molecule has 1 aromatic rings. The average molecular weight is 303 g/mol. The Kier molecular flexibility index (Phi) is 4.96. The summed E-state index contributed by atoms with van der Waals surface area (Å²) in [6.07, 6.45) is 1.79. The van der Waals surface area contributed by atoms with E-state index in [1.165, 1.54) is 22.3 Å². The van der Waals surface area contributed by atoms with Crippen molar-refractivity contribution in [1.82, 2.24) is 4.90 Å². The summed E-state index contributed by atoms with van der Waals surface area (Å²) in [4.78, 5) is 13.5. The summed E-state index contributed by atoms with van der Waals surface area (Å²) >= 11 is 0. The van der Waals surface area contributed by atoms with Crippen LogP contribution in [0.5, 0.6) is 0 Å². The summed E-state index contributed by atoms with van der Waals surface area (Å²) in [5.41, 5.74) is 5.53. The Morgan fingerprint density at radius 3 is 2.36 bits per heavy atom. The first-order valence-electron chi connectivity index (χ1n) is 8.24. The van der Waals surface area contributed by atoms with E-state index in [2.05, 4.69) is 51.7 Å². The molecular weight excluding hydrogens is 274 g/mol. The van der Waals surface area contributed by atoms with Crippen molar-refractivity contribution in [3.8, 4) is 0 Å². The van der Waals surface area contributed by atoms with E-state index in [0.29, 0.717) is 6.54 Å². The summed E-state index contributed by atoms with van der Waals surface area (Å²) < 4.78 is 0. The maximum absolute atomic E-state index is 11.2. The molecule has 0 saturated carbocycles. The molecule has 0 radical (unpaired) electrons. The predicted molar refractivity (Wildman–Crippen MR) is 90.3 cm³/mol. The van der Waals surface area contributed by atoms with Crippen molar-refractivity contribution in [2.45, 2.75) is 59.4 Å². The van der Waals surface area contributed by atoms with Crippen molar-refractivity contribution >= 4 is 5.97 Å². The van der Waals surface area contributed by atoms with Crippen LogP contribution in [0.15, 0.2) is 12.1 Å². The van der Waals surface area contributed by atoms with E-state index in [1.807, 2.05) is 0 Å². The molecular formula is C19H29NO2. The van der Waals surface area contributed by atoms with Crippen LogP contribution in [-0.4, -0.2) is 29.1 Å². The highest BCUT2D eigenvalue weighted by Gasteiger charge is 2.26. The molecule has 0 aliphatic carbocycles. The van der Waals surface area contributed by atoms with Crippen molar-refractivity contribution in [2.24, 2.45) is 5.92 Å². The SMILES string of the molecule is Cc1cc(C(C)(C)C)cc(C)c1CN1CCC[C@@H](C(=O)O)C1. The van der Waals surface area contributed by atoms with Gasteiger partial charge in [0, 0.05) is 13.1 Å². The van der Waals surface area contributed by atoms with Crippen LogP contribution in [-0.2, 0) is 16.8 Å². The Hall–Kier alpha value is -1.35. The third kappa shape index (κ3) is 3.89. The lowest BCUT2D eigenvalue weighted by Crippen LogP contribution is -2.38. The number of carboxylic acid groups (broad SMARTS) is 1. The van der Waals surface area contributed by atoms with Crippen LogP contribution < -0.4 is 0 Å². The minimum Gasteiger partial charge on any atom is -0.481 e. The molecule has 1 fully saturated rings. The zero-order chi connectivity index (χ0) is 16.5. The van der Waals surface area contributed by atoms with Crippen LogP contribution in [0.4, 0.5) is 0 Å². The Morgan fingerprint density at radius 2 is 1.86 bits per heavy atom. The molecule has 0 aromatic heterocycles. The summed E-state index contributed by atoms with van der Waals surface area (Å²) in [5, 5.41) is 9.23. The molecule has 1 aliphatic heterocycles. The zero-order valence-corrected chi connectivity index (χ0v) is 14.6. The van der Waals surface area contributed by atoms with Gasteiger partial charge in [0.15, 0.2) is 0 Å². The molecule has 1 aliphatic rings. The monoisotopic (exact) mass is 303 g/mol. The molecule has 0 amide bonds. The van der Waals surface area contributed by atoms with Gasteiger partial charge in [0.25, 0.3) is 0 Å². The number of carbonyl (C=O) groups is 1. The van der Waals surface area contributed by atoms with Gasteiger partial charge < -0.3 is 5.11 Å². The van der Waals surface area contributed by atoms with Crippen LogP contribution in [0, 0.1) is 19.8 Å². The fourth-order valence-corrected chi connectivity index (χ4v) is 3.30. The van der Waals surface area contributed by atoms with Gasteiger partial charge in [0.2, 0.25) is 0 Å². The van der Waals surface area contributed by atoms with E-state index in [9.17, 15) is 9.90 Å². The molecule has 1 N–H and O–H groups in total. The third-order valence-electron chi connectivity index (χ3n) is 4.80. The first-order chi connectivity index (χ1) is 10.2. The molecule has 0 spiro atoms. The van der Waals surface area contributed by atoms with Gasteiger partial charge in [0.05, 0.1) is 5.92 Å².